The SMILES string of the molecule is C=C(C)c1cc(NC)c(C)cc1C. The first-order valence-electron chi connectivity index (χ1n) is 4.51. The van der Waals surface area contributed by atoms with Crippen LogP contribution in [0.1, 0.15) is 23.6 Å². The van der Waals surface area contributed by atoms with Gasteiger partial charge in [0.2, 0.25) is 0 Å². The zero-order valence-electron chi connectivity index (χ0n) is 8.86. The van der Waals surface area contributed by atoms with Crippen LogP contribution in [0.5, 0.6) is 0 Å². The third-order valence-corrected chi connectivity index (χ3v) is 2.30. The van der Waals surface area contributed by atoms with E-state index in [0.29, 0.717) is 0 Å². The van der Waals surface area contributed by atoms with Gasteiger partial charge in [0, 0.05) is 12.7 Å². The summed E-state index contributed by atoms with van der Waals surface area (Å²) < 4.78 is 0. The standard InChI is InChI=1S/C12H17N/c1-8(2)11-7-12(13-5)10(4)6-9(11)3/h6-7,13H,1H2,2-5H3. The first-order valence-corrected chi connectivity index (χ1v) is 4.51. The average Bonchev–Trinajstić information content (AvgIpc) is 2.03. The molecule has 1 aromatic rings. The third kappa shape index (κ3) is 1.92. The van der Waals surface area contributed by atoms with E-state index in [4.69, 9.17) is 0 Å². The lowest BCUT2D eigenvalue weighted by Crippen LogP contribution is -1.95. The van der Waals surface area contributed by atoms with Gasteiger partial charge in [0.15, 0.2) is 0 Å². The fourth-order valence-electron chi connectivity index (χ4n) is 1.58. The Balaban J connectivity index is 3.30. The van der Waals surface area contributed by atoms with E-state index in [1.807, 2.05) is 14.0 Å². The van der Waals surface area contributed by atoms with Crippen LogP contribution in [0.25, 0.3) is 5.57 Å². The van der Waals surface area contributed by atoms with Gasteiger partial charge in [-0.1, -0.05) is 18.2 Å². The summed E-state index contributed by atoms with van der Waals surface area (Å²) in [6.45, 7) is 10.2. The molecule has 1 aromatic carbocycles. The smallest absolute Gasteiger partial charge is 0.0373 e. The van der Waals surface area contributed by atoms with Gasteiger partial charge in [0.25, 0.3) is 0 Å². The van der Waals surface area contributed by atoms with Crippen LogP contribution in [0.3, 0.4) is 0 Å². The maximum atomic E-state index is 3.96. The molecule has 0 aliphatic rings. The minimum absolute atomic E-state index is 1.12. The van der Waals surface area contributed by atoms with E-state index >= 15 is 0 Å². The monoisotopic (exact) mass is 175 g/mol. The van der Waals surface area contributed by atoms with Crippen molar-refractivity contribution in [2.24, 2.45) is 0 Å². The van der Waals surface area contributed by atoms with Crippen LogP contribution < -0.4 is 5.32 Å². The van der Waals surface area contributed by atoms with Gasteiger partial charge in [-0.15, -0.1) is 0 Å². The molecule has 1 N–H and O–H groups in total. The zero-order valence-corrected chi connectivity index (χ0v) is 8.86. The highest BCUT2D eigenvalue weighted by molar-refractivity contribution is 5.70. The molecule has 0 aliphatic heterocycles. The summed E-state index contributed by atoms with van der Waals surface area (Å²) in [5.41, 5.74) is 6.13. The molecule has 0 fully saturated rings. The Kier molecular flexibility index (Phi) is 2.76. The normalized spacial score (nSPS) is 9.85. The first kappa shape index (κ1) is 9.85. The Labute approximate surface area is 80.5 Å². The fourth-order valence-corrected chi connectivity index (χ4v) is 1.58. The van der Waals surface area contributed by atoms with Crippen molar-refractivity contribution < 1.29 is 0 Å². The second kappa shape index (κ2) is 3.65. The largest absolute Gasteiger partial charge is 0.388 e. The van der Waals surface area contributed by atoms with Gasteiger partial charge in [0.05, 0.1) is 0 Å². The molecule has 13 heavy (non-hydrogen) atoms. The fraction of sp³-hybridized carbons (Fsp3) is 0.333. The van der Waals surface area contributed by atoms with Crippen LogP contribution in [0, 0.1) is 13.8 Å². The molecule has 0 unspecified atom stereocenters. The van der Waals surface area contributed by atoms with E-state index in [9.17, 15) is 0 Å². The van der Waals surface area contributed by atoms with Gasteiger partial charge in [-0.2, -0.15) is 0 Å². The minimum Gasteiger partial charge on any atom is -0.388 e. The molecule has 0 atom stereocenters. The lowest BCUT2D eigenvalue weighted by atomic mass is 9.99. The molecular weight excluding hydrogens is 158 g/mol. The quantitative estimate of drug-likeness (QED) is 0.726. The number of anilines is 1. The molecular formula is C12H17N. The number of nitrogens with one attached hydrogen (secondary N) is 1. The summed E-state index contributed by atoms with van der Waals surface area (Å²) in [5, 5.41) is 3.18. The molecule has 0 heterocycles. The van der Waals surface area contributed by atoms with Crippen LogP contribution in [0.15, 0.2) is 18.7 Å². The summed E-state index contributed by atoms with van der Waals surface area (Å²) in [6.07, 6.45) is 0. The Morgan fingerprint density at radius 3 is 2.31 bits per heavy atom. The molecule has 1 heteroatoms. The molecule has 0 saturated heterocycles. The van der Waals surface area contributed by atoms with Crippen LogP contribution >= 0.6 is 0 Å². The Bertz CT molecular complexity index is 337. The van der Waals surface area contributed by atoms with Crippen LogP contribution in [-0.2, 0) is 0 Å². The lowest BCUT2D eigenvalue weighted by molar-refractivity contribution is 1.33. The summed E-state index contributed by atoms with van der Waals surface area (Å²) in [6, 6.07) is 4.35. The molecule has 1 nitrogen and oxygen atoms in total. The van der Waals surface area contributed by atoms with Gasteiger partial charge in [-0.25, -0.2) is 0 Å². The van der Waals surface area contributed by atoms with E-state index in [-0.39, 0.29) is 0 Å². The van der Waals surface area contributed by atoms with E-state index in [0.717, 1.165) is 5.57 Å². The summed E-state index contributed by atoms with van der Waals surface area (Å²) in [7, 11) is 1.94. The maximum Gasteiger partial charge on any atom is 0.0373 e. The zero-order chi connectivity index (χ0) is 10.0. The molecule has 0 amide bonds. The van der Waals surface area contributed by atoms with Crippen molar-refractivity contribution in [1.29, 1.82) is 0 Å². The predicted octanol–water partition coefficient (Wildman–Crippen LogP) is 3.38. The maximum absolute atomic E-state index is 3.96. The van der Waals surface area contributed by atoms with Gasteiger partial charge >= 0.3 is 0 Å². The number of allylic oxidation sites excluding steroid dienone is 1. The molecule has 0 radical (unpaired) electrons. The Hall–Kier alpha value is -1.24. The number of benzene rings is 1. The van der Waals surface area contributed by atoms with Crippen molar-refractivity contribution in [1.82, 2.24) is 0 Å². The molecule has 1 rings (SSSR count). The summed E-state index contributed by atoms with van der Waals surface area (Å²) >= 11 is 0. The van der Waals surface area contributed by atoms with E-state index in [2.05, 4.69) is 37.9 Å². The van der Waals surface area contributed by atoms with E-state index in [1.54, 1.807) is 0 Å². The summed E-state index contributed by atoms with van der Waals surface area (Å²) in [4.78, 5) is 0. The van der Waals surface area contributed by atoms with Crippen molar-refractivity contribution >= 4 is 11.3 Å². The van der Waals surface area contributed by atoms with Crippen molar-refractivity contribution in [2.45, 2.75) is 20.8 Å². The Morgan fingerprint density at radius 1 is 1.23 bits per heavy atom. The number of aryl methyl sites for hydroxylation is 2. The van der Waals surface area contributed by atoms with Crippen molar-refractivity contribution in [2.75, 3.05) is 12.4 Å². The molecule has 0 bridgehead atoms. The van der Waals surface area contributed by atoms with Crippen LogP contribution in [0.2, 0.25) is 0 Å². The van der Waals surface area contributed by atoms with Gasteiger partial charge in [0.1, 0.15) is 0 Å². The van der Waals surface area contributed by atoms with E-state index < -0.39 is 0 Å². The average molecular weight is 175 g/mol. The van der Waals surface area contributed by atoms with Crippen LogP contribution in [0.4, 0.5) is 5.69 Å². The topological polar surface area (TPSA) is 12.0 Å². The Morgan fingerprint density at radius 2 is 1.85 bits per heavy atom. The molecule has 0 aromatic heterocycles. The minimum atomic E-state index is 1.12. The second-order valence-corrected chi connectivity index (χ2v) is 3.51. The van der Waals surface area contributed by atoms with Crippen molar-refractivity contribution in [3.8, 4) is 0 Å². The first-order chi connectivity index (χ1) is 6.06. The number of hydrogen-bond acceptors (Lipinski definition) is 1. The third-order valence-electron chi connectivity index (χ3n) is 2.30. The van der Waals surface area contributed by atoms with Gasteiger partial charge < -0.3 is 5.32 Å². The van der Waals surface area contributed by atoms with Crippen molar-refractivity contribution in [3.05, 3.63) is 35.4 Å². The highest BCUT2D eigenvalue weighted by atomic mass is 14.8. The molecule has 0 aliphatic carbocycles. The van der Waals surface area contributed by atoms with E-state index in [1.165, 1.54) is 22.4 Å². The summed E-state index contributed by atoms with van der Waals surface area (Å²) in [5.74, 6) is 0. The molecule has 0 spiro atoms. The number of rotatable bonds is 2. The molecule has 70 valence electrons. The van der Waals surface area contributed by atoms with Crippen molar-refractivity contribution in [3.63, 3.8) is 0 Å². The molecule has 0 saturated carbocycles. The second-order valence-electron chi connectivity index (χ2n) is 3.51. The van der Waals surface area contributed by atoms with Gasteiger partial charge in [-0.3, -0.25) is 0 Å². The highest BCUT2D eigenvalue weighted by Gasteiger charge is 2.03. The number of hydrogen-bond donors (Lipinski definition) is 1. The van der Waals surface area contributed by atoms with Gasteiger partial charge in [-0.05, 0) is 43.5 Å². The predicted molar refractivity (Wildman–Crippen MR) is 60.2 cm³/mol. The van der Waals surface area contributed by atoms with Crippen LogP contribution in [-0.4, -0.2) is 7.05 Å². The highest BCUT2D eigenvalue weighted by Crippen LogP contribution is 2.24. The lowest BCUT2D eigenvalue weighted by Gasteiger charge is -2.11.